The summed E-state index contributed by atoms with van der Waals surface area (Å²) in [6.07, 6.45) is 0.636. The first-order valence-electron chi connectivity index (χ1n) is 3.88. The van der Waals surface area contributed by atoms with Crippen LogP contribution in [0, 0.1) is 0 Å². The van der Waals surface area contributed by atoms with Crippen LogP contribution < -0.4 is 21.7 Å². The number of carbonyl (C=O) groups excluding carboxylic acids is 2. The Morgan fingerprint density at radius 1 is 1.00 bits per heavy atom. The molecular weight excluding hydrogens is 176 g/mol. The Balaban J connectivity index is 3.56. The summed E-state index contributed by atoms with van der Waals surface area (Å²) in [5, 5.41) is 20.2. The van der Waals surface area contributed by atoms with E-state index < -0.39 is 24.0 Å². The van der Waals surface area contributed by atoms with Crippen molar-refractivity contribution in [3.63, 3.8) is 0 Å². The highest BCUT2D eigenvalue weighted by Gasteiger charge is 2.06. The molecule has 0 amide bonds. The van der Waals surface area contributed by atoms with Gasteiger partial charge in [0, 0.05) is 12.1 Å². The zero-order chi connectivity index (χ0) is 10.4. The van der Waals surface area contributed by atoms with Crippen molar-refractivity contribution in [3.05, 3.63) is 0 Å². The predicted molar refractivity (Wildman–Crippen MR) is 39.8 cm³/mol. The third-order valence-electron chi connectivity index (χ3n) is 1.64. The molecule has 4 N–H and O–H groups in total. The van der Waals surface area contributed by atoms with E-state index in [0.717, 1.165) is 0 Å². The molecule has 0 heterocycles. The van der Waals surface area contributed by atoms with Gasteiger partial charge in [-0.3, -0.25) is 0 Å². The summed E-state index contributed by atoms with van der Waals surface area (Å²) in [4.78, 5) is 20.2. The molecule has 0 saturated heterocycles. The minimum Gasteiger partial charge on any atom is -0.548 e. The van der Waals surface area contributed by atoms with Crippen LogP contribution in [0.25, 0.3) is 0 Å². The lowest BCUT2D eigenvalue weighted by atomic mass is 10.1. The van der Waals surface area contributed by atoms with E-state index in [0.29, 0.717) is 6.42 Å². The number of carboxylic acids is 2. The average molecular weight is 188 g/mol. The Morgan fingerprint density at radius 2 is 1.31 bits per heavy atom. The Morgan fingerprint density at radius 3 is 1.54 bits per heavy atom. The van der Waals surface area contributed by atoms with Crippen LogP contribution in [0.4, 0.5) is 0 Å². The van der Waals surface area contributed by atoms with Crippen molar-refractivity contribution in [2.75, 3.05) is 0 Å². The van der Waals surface area contributed by atoms with Gasteiger partial charge in [0.1, 0.15) is 0 Å². The molecule has 0 aromatic carbocycles. The highest BCUT2D eigenvalue weighted by Crippen LogP contribution is 2.00. The first-order chi connectivity index (χ1) is 5.95. The molecule has 6 nitrogen and oxygen atoms in total. The molecule has 0 rings (SSSR count). The minimum atomic E-state index is -1.35. The number of carboxylic acid groups (broad SMARTS) is 2. The number of carbonyl (C=O) groups is 2. The molecule has 6 heteroatoms. The van der Waals surface area contributed by atoms with E-state index in [-0.39, 0.29) is 12.8 Å². The Hall–Kier alpha value is -1.14. The zero-order valence-electron chi connectivity index (χ0n) is 7.06. The van der Waals surface area contributed by atoms with Crippen molar-refractivity contribution in [2.24, 2.45) is 11.5 Å². The van der Waals surface area contributed by atoms with Crippen LogP contribution in [0.15, 0.2) is 0 Å². The van der Waals surface area contributed by atoms with Crippen molar-refractivity contribution < 1.29 is 19.8 Å². The van der Waals surface area contributed by atoms with Gasteiger partial charge in [-0.2, -0.15) is 0 Å². The van der Waals surface area contributed by atoms with Crippen molar-refractivity contribution in [2.45, 2.75) is 31.3 Å². The molecule has 76 valence electrons. The summed E-state index contributed by atoms with van der Waals surface area (Å²) < 4.78 is 0. The molecule has 0 fully saturated rings. The topological polar surface area (TPSA) is 132 Å². The smallest absolute Gasteiger partial charge is 0.0582 e. The summed E-state index contributed by atoms with van der Waals surface area (Å²) in [6.45, 7) is 0. The Labute approximate surface area is 75.5 Å². The molecule has 0 aliphatic rings. The van der Waals surface area contributed by atoms with Crippen LogP contribution in [0.5, 0.6) is 0 Å². The largest absolute Gasteiger partial charge is 0.548 e. The van der Waals surface area contributed by atoms with Crippen LogP contribution in [0.3, 0.4) is 0 Å². The molecule has 0 unspecified atom stereocenters. The van der Waals surface area contributed by atoms with Gasteiger partial charge in [-0.05, 0) is 19.3 Å². The first-order valence-corrected chi connectivity index (χ1v) is 3.88. The number of hydrogen-bond acceptors (Lipinski definition) is 6. The van der Waals surface area contributed by atoms with E-state index in [2.05, 4.69) is 0 Å². The molecule has 2 atom stereocenters. The standard InChI is InChI=1S/C7H14N2O4/c8-4(6(10)11)2-1-3-5(9)7(12)13/h4-5H,1-3,8-9H2,(H,10,11)(H,12,13)/p-2/t4-,5+. The number of aliphatic carboxylic acids is 2. The third-order valence-corrected chi connectivity index (χ3v) is 1.64. The quantitative estimate of drug-likeness (QED) is 0.441. The first kappa shape index (κ1) is 11.9. The lowest BCUT2D eigenvalue weighted by molar-refractivity contribution is -0.308. The van der Waals surface area contributed by atoms with Gasteiger partial charge in [0.05, 0.1) is 11.9 Å². The maximum absolute atomic E-state index is 10.1. The van der Waals surface area contributed by atoms with Gasteiger partial charge in [-0.15, -0.1) is 0 Å². The van der Waals surface area contributed by atoms with E-state index in [1.54, 1.807) is 0 Å². The lowest BCUT2D eigenvalue weighted by Gasteiger charge is -2.15. The van der Waals surface area contributed by atoms with E-state index in [9.17, 15) is 19.8 Å². The minimum absolute atomic E-state index is 0.156. The van der Waals surface area contributed by atoms with E-state index in [1.807, 2.05) is 0 Å². The molecular formula is C7H12N2O4-2. The van der Waals surface area contributed by atoms with E-state index in [4.69, 9.17) is 11.5 Å². The lowest BCUT2D eigenvalue weighted by Crippen LogP contribution is -2.43. The van der Waals surface area contributed by atoms with Gasteiger partial charge >= 0.3 is 0 Å². The second-order valence-corrected chi connectivity index (χ2v) is 2.78. The van der Waals surface area contributed by atoms with Gasteiger partial charge in [-0.25, -0.2) is 0 Å². The second-order valence-electron chi connectivity index (χ2n) is 2.78. The predicted octanol–water partition coefficient (Wildman–Crippen LogP) is -3.69. The summed E-state index contributed by atoms with van der Waals surface area (Å²) in [5.74, 6) is -2.69. The zero-order valence-corrected chi connectivity index (χ0v) is 7.06. The van der Waals surface area contributed by atoms with Gasteiger partial charge in [0.25, 0.3) is 0 Å². The molecule has 13 heavy (non-hydrogen) atoms. The van der Waals surface area contributed by atoms with Crippen molar-refractivity contribution in [1.29, 1.82) is 0 Å². The highest BCUT2D eigenvalue weighted by atomic mass is 16.4. The molecule has 0 aromatic heterocycles. The van der Waals surface area contributed by atoms with Gasteiger partial charge in [-0.1, -0.05) is 0 Å². The number of rotatable bonds is 6. The van der Waals surface area contributed by atoms with Crippen LogP contribution >= 0.6 is 0 Å². The summed E-state index contributed by atoms with van der Waals surface area (Å²) >= 11 is 0. The third kappa shape index (κ3) is 5.15. The monoisotopic (exact) mass is 188 g/mol. The molecule has 0 radical (unpaired) electrons. The normalized spacial score (nSPS) is 14.9. The van der Waals surface area contributed by atoms with Gasteiger partial charge in [0.15, 0.2) is 0 Å². The maximum atomic E-state index is 10.1. The maximum Gasteiger partial charge on any atom is 0.0582 e. The van der Waals surface area contributed by atoms with Crippen LogP contribution in [-0.2, 0) is 9.59 Å². The molecule has 0 spiro atoms. The Kier molecular flexibility index (Phi) is 5.01. The summed E-state index contributed by atoms with van der Waals surface area (Å²) in [6, 6.07) is -2.12. The van der Waals surface area contributed by atoms with Gasteiger partial charge < -0.3 is 31.3 Å². The molecule has 0 aliphatic carbocycles. The number of hydrogen-bond donors (Lipinski definition) is 2. The van der Waals surface area contributed by atoms with E-state index >= 15 is 0 Å². The molecule has 0 saturated carbocycles. The second kappa shape index (κ2) is 5.50. The molecule has 0 aromatic rings. The SMILES string of the molecule is N[C@H](CCC[C@H](N)C(=O)[O-])C(=O)[O-]. The fraction of sp³-hybridized carbons (Fsp3) is 0.714. The average Bonchev–Trinajstić information content (AvgIpc) is 2.03. The van der Waals surface area contributed by atoms with Gasteiger partial charge in [0.2, 0.25) is 0 Å². The van der Waals surface area contributed by atoms with Crippen molar-refractivity contribution in [3.8, 4) is 0 Å². The van der Waals surface area contributed by atoms with Crippen LogP contribution in [0.1, 0.15) is 19.3 Å². The fourth-order valence-electron chi connectivity index (χ4n) is 0.793. The summed E-state index contributed by atoms with van der Waals surface area (Å²) in [5.41, 5.74) is 10.2. The van der Waals surface area contributed by atoms with Crippen molar-refractivity contribution in [1.82, 2.24) is 0 Å². The van der Waals surface area contributed by atoms with Crippen molar-refractivity contribution >= 4 is 11.9 Å². The molecule has 0 bridgehead atoms. The Bertz CT molecular complexity index is 175. The number of nitrogens with two attached hydrogens (primary N) is 2. The van der Waals surface area contributed by atoms with Crippen LogP contribution in [0.2, 0.25) is 0 Å². The molecule has 0 aliphatic heterocycles. The fourth-order valence-corrected chi connectivity index (χ4v) is 0.793. The summed E-state index contributed by atoms with van der Waals surface area (Å²) in [7, 11) is 0. The highest BCUT2D eigenvalue weighted by molar-refractivity contribution is 5.71. The van der Waals surface area contributed by atoms with E-state index in [1.165, 1.54) is 0 Å². The van der Waals surface area contributed by atoms with Crippen LogP contribution in [-0.4, -0.2) is 24.0 Å².